The number of amides is 1. The molecule has 4 aliphatic carbocycles. The van der Waals surface area contributed by atoms with Gasteiger partial charge in [-0.25, -0.2) is 0 Å². The molecule has 0 bridgehead atoms. The van der Waals surface area contributed by atoms with Crippen LogP contribution in [0.5, 0.6) is 11.5 Å². The molecule has 9 nitrogen and oxygen atoms in total. The summed E-state index contributed by atoms with van der Waals surface area (Å²) in [6.45, 7) is 0.704. The fourth-order valence-electron chi connectivity index (χ4n) is 7.54. The zero-order valence-electron chi connectivity index (χ0n) is 23.6. The second-order valence-electron chi connectivity index (χ2n) is 12.0. The maximum absolute atomic E-state index is 13.7. The number of ether oxygens (including phenoxy) is 1. The standard InChI is InChI=1S/C33H36N2O7/c1-42-25-10-7-16(15-35-19-5-3-2-4-6-19)11-21(25)20-8-9-23(36)28-22(20)13-17-12-18-14-24(37)29(33(34)41)32(40)27(18)30(38)26(17)31(28)39/h7-11,17-19,27,35-36,39-40H,2-6,12-15H2,1H3,(H2,34,41). The Morgan fingerprint density at radius 3 is 2.50 bits per heavy atom. The van der Waals surface area contributed by atoms with Crippen molar-refractivity contribution in [2.75, 3.05) is 7.11 Å². The average Bonchev–Trinajstić information content (AvgIpc) is 2.96. The van der Waals surface area contributed by atoms with Crippen LogP contribution in [0.3, 0.4) is 0 Å². The quantitative estimate of drug-likeness (QED) is 0.319. The molecule has 9 heteroatoms. The fourth-order valence-corrected chi connectivity index (χ4v) is 7.54. The Labute approximate surface area is 244 Å². The summed E-state index contributed by atoms with van der Waals surface area (Å²) in [6.07, 6.45) is 6.71. The molecule has 4 aliphatic rings. The van der Waals surface area contributed by atoms with Gasteiger partial charge in [0.05, 0.1) is 18.6 Å². The van der Waals surface area contributed by atoms with Gasteiger partial charge in [-0.3, -0.25) is 14.4 Å². The van der Waals surface area contributed by atoms with Crippen LogP contribution in [0.2, 0.25) is 0 Å². The van der Waals surface area contributed by atoms with E-state index in [1.54, 1.807) is 13.2 Å². The van der Waals surface area contributed by atoms with Crippen LogP contribution in [-0.2, 0) is 27.3 Å². The van der Waals surface area contributed by atoms with Crippen molar-refractivity contribution < 1.29 is 34.4 Å². The molecule has 0 aromatic heterocycles. The summed E-state index contributed by atoms with van der Waals surface area (Å²) in [5.74, 6) is -4.81. The van der Waals surface area contributed by atoms with Crippen LogP contribution in [0.15, 0.2) is 47.2 Å². The van der Waals surface area contributed by atoms with E-state index in [9.17, 15) is 29.7 Å². The van der Waals surface area contributed by atoms with Crippen molar-refractivity contribution in [1.82, 2.24) is 5.32 Å². The molecule has 220 valence electrons. The van der Waals surface area contributed by atoms with E-state index in [1.165, 1.54) is 38.2 Å². The largest absolute Gasteiger partial charge is 0.511 e. The van der Waals surface area contributed by atoms with E-state index in [0.717, 1.165) is 16.7 Å². The number of phenols is 1. The van der Waals surface area contributed by atoms with Crippen molar-refractivity contribution in [2.24, 2.45) is 23.5 Å². The molecule has 1 amide bonds. The van der Waals surface area contributed by atoms with Gasteiger partial charge in [-0.05, 0) is 72.4 Å². The van der Waals surface area contributed by atoms with E-state index in [0.29, 0.717) is 36.7 Å². The summed E-state index contributed by atoms with van der Waals surface area (Å²) in [5, 5.41) is 36.8. The second kappa shape index (κ2) is 10.9. The van der Waals surface area contributed by atoms with E-state index in [2.05, 4.69) is 11.4 Å². The molecule has 6 N–H and O–H groups in total. The Hall–Kier alpha value is -4.11. The Bertz CT molecular complexity index is 1550. The van der Waals surface area contributed by atoms with Crippen LogP contribution in [0.1, 0.15) is 61.6 Å². The van der Waals surface area contributed by atoms with Crippen molar-refractivity contribution in [3.05, 3.63) is 63.9 Å². The Morgan fingerprint density at radius 1 is 1.02 bits per heavy atom. The molecule has 2 aromatic rings. The molecule has 0 heterocycles. The van der Waals surface area contributed by atoms with Crippen LogP contribution in [0.25, 0.3) is 16.9 Å². The summed E-state index contributed by atoms with van der Waals surface area (Å²) < 4.78 is 5.73. The van der Waals surface area contributed by atoms with Gasteiger partial charge in [-0.1, -0.05) is 31.4 Å². The van der Waals surface area contributed by atoms with Crippen molar-refractivity contribution >= 4 is 23.2 Å². The number of primary amides is 1. The number of ketones is 2. The lowest BCUT2D eigenvalue weighted by Crippen LogP contribution is -2.44. The fraction of sp³-hybridized carbons (Fsp3) is 0.424. The highest BCUT2D eigenvalue weighted by molar-refractivity contribution is 6.21. The first kappa shape index (κ1) is 28.0. The smallest absolute Gasteiger partial charge is 0.255 e. The number of aliphatic hydroxyl groups excluding tert-OH is 2. The predicted molar refractivity (Wildman–Crippen MR) is 156 cm³/mol. The van der Waals surface area contributed by atoms with Gasteiger partial charge < -0.3 is 31.1 Å². The number of benzene rings is 2. The number of hydrogen-bond acceptors (Lipinski definition) is 8. The minimum atomic E-state index is -1.14. The van der Waals surface area contributed by atoms with Gasteiger partial charge >= 0.3 is 0 Å². The van der Waals surface area contributed by atoms with Gasteiger partial charge in [0.2, 0.25) is 0 Å². The number of aromatic hydroxyl groups is 1. The number of allylic oxidation sites excluding steroid dienone is 2. The number of Topliss-reactive ketones (excluding diaryl/α,β-unsaturated/α-hetero) is 2. The molecule has 3 unspecified atom stereocenters. The summed E-state index contributed by atoms with van der Waals surface area (Å²) >= 11 is 0. The number of fused-ring (bicyclic) bond motifs is 3. The number of nitrogens with one attached hydrogen (secondary N) is 1. The van der Waals surface area contributed by atoms with E-state index < -0.39 is 46.6 Å². The van der Waals surface area contributed by atoms with Crippen molar-refractivity contribution in [3.63, 3.8) is 0 Å². The third kappa shape index (κ3) is 4.65. The SMILES string of the molecule is COc1ccc(CNC2CCCCC2)cc1-c1ccc(O)c2c1CC1CC3CC(=O)C(C(N)=O)=C(O)C3C(=O)C1=C2O. The molecule has 0 radical (unpaired) electrons. The predicted octanol–water partition coefficient (Wildman–Crippen LogP) is 4.41. The van der Waals surface area contributed by atoms with Crippen LogP contribution >= 0.6 is 0 Å². The zero-order valence-corrected chi connectivity index (χ0v) is 23.6. The average molecular weight is 573 g/mol. The van der Waals surface area contributed by atoms with Crippen LogP contribution < -0.4 is 15.8 Å². The third-order valence-electron chi connectivity index (χ3n) is 9.53. The van der Waals surface area contributed by atoms with Crippen molar-refractivity contribution in [3.8, 4) is 22.6 Å². The molecule has 3 atom stereocenters. The molecule has 0 aliphatic heterocycles. The van der Waals surface area contributed by atoms with Crippen LogP contribution in [-0.4, -0.2) is 45.9 Å². The van der Waals surface area contributed by atoms with E-state index >= 15 is 0 Å². The highest BCUT2D eigenvalue weighted by Gasteiger charge is 2.51. The van der Waals surface area contributed by atoms with Crippen molar-refractivity contribution in [2.45, 2.75) is 64.0 Å². The molecular formula is C33H36N2O7. The number of carbonyl (C=O) groups is 3. The molecule has 2 saturated carbocycles. The molecule has 6 rings (SSSR count). The first-order valence-corrected chi connectivity index (χ1v) is 14.7. The number of nitrogens with two attached hydrogens (primary N) is 1. The summed E-state index contributed by atoms with van der Waals surface area (Å²) in [4.78, 5) is 38.2. The highest BCUT2D eigenvalue weighted by Crippen LogP contribution is 2.52. The lowest BCUT2D eigenvalue weighted by molar-refractivity contribution is -0.127. The monoisotopic (exact) mass is 572 g/mol. The second-order valence-corrected chi connectivity index (χ2v) is 12.0. The molecule has 0 saturated heterocycles. The normalized spacial score (nSPS) is 24.3. The first-order chi connectivity index (χ1) is 20.2. The number of methoxy groups -OCH3 is 1. The molecular weight excluding hydrogens is 536 g/mol. The zero-order chi connectivity index (χ0) is 29.7. The molecule has 42 heavy (non-hydrogen) atoms. The summed E-state index contributed by atoms with van der Waals surface area (Å²) in [5.41, 5.74) is 8.40. The van der Waals surface area contributed by atoms with Gasteiger partial charge in [0.1, 0.15) is 28.6 Å². The van der Waals surface area contributed by atoms with E-state index in [1.807, 2.05) is 12.1 Å². The highest BCUT2D eigenvalue weighted by atomic mass is 16.5. The Kier molecular flexibility index (Phi) is 7.30. The number of aliphatic hydroxyl groups is 2. The number of rotatable bonds is 6. The number of phenolic OH excluding ortho intramolecular Hbond substituents is 1. The van der Waals surface area contributed by atoms with Gasteiger partial charge in [-0.15, -0.1) is 0 Å². The Balaban J connectivity index is 1.40. The van der Waals surface area contributed by atoms with Crippen LogP contribution in [0, 0.1) is 17.8 Å². The number of hydrogen-bond donors (Lipinski definition) is 5. The van der Waals surface area contributed by atoms with Crippen molar-refractivity contribution in [1.29, 1.82) is 0 Å². The minimum absolute atomic E-state index is 0.0904. The number of carbonyl (C=O) groups excluding carboxylic acids is 3. The third-order valence-corrected chi connectivity index (χ3v) is 9.53. The van der Waals surface area contributed by atoms with Gasteiger partial charge in [0.15, 0.2) is 11.6 Å². The van der Waals surface area contributed by atoms with E-state index in [4.69, 9.17) is 10.5 Å². The van der Waals surface area contributed by atoms with Crippen LogP contribution in [0.4, 0.5) is 0 Å². The topological polar surface area (TPSA) is 159 Å². The maximum atomic E-state index is 13.7. The summed E-state index contributed by atoms with van der Waals surface area (Å²) in [6, 6.07) is 9.81. The summed E-state index contributed by atoms with van der Waals surface area (Å²) in [7, 11) is 1.60. The molecule has 2 aromatic carbocycles. The van der Waals surface area contributed by atoms with E-state index in [-0.39, 0.29) is 29.1 Å². The van der Waals surface area contributed by atoms with Gasteiger partial charge in [-0.2, -0.15) is 0 Å². The lowest BCUT2D eigenvalue weighted by Gasteiger charge is -2.41. The van der Waals surface area contributed by atoms with Gasteiger partial charge in [0, 0.05) is 30.1 Å². The maximum Gasteiger partial charge on any atom is 0.255 e. The minimum Gasteiger partial charge on any atom is -0.511 e. The Morgan fingerprint density at radius 2 is 1.79 bits per heavy atom. The van der Waals surface area contributed by atoms with Gasteiger partial charge in [0.25, 0.3) is 5.91 Å². The lowest BCUT2D eigenvalue weighted by atomic mass is 9.61. The molecule has 2 fully saturated rings. The molecule has 0 spiro atoms. The first-order valence-electron chi connectivity index (χ1n) is 14.7.